The predicted molar refractivity (Wildman–Crippen MR) is 106 cm³/mol. The number of carbonyl (C=O) groups excluding carboxylic acids is 1. The fourth-order valence-electron chi connectivity index (χ4n) is 4.28. The Bertz CT molecular complexity index is 910. The highest BCUT2D eigenvalue weighted by Gasteiger charge is 2.37. The normalized spacial score (nSPS) is 21.7. The summed E-state index contributed by atoms with van der Waals surface area (Å²) in [4.78, 5) is 19.3. The van der Waals surface area contributed by atoms with E-state index in [9.17, 15) is 13.2 Å². The van der Waals surface area contributed by atoms with Crippen molar-refractivity contribution in [3.8, 4) is 0 Å². The number of sulfonamides is 1. The number of aromatic nitrogens is 1. The number of benzene rings is 1. The summed E-state index contributed by atoms with van der Waals surface area (Å²) in [5.41, 5.74) is 1.19. The predicted octanol–water partition coefficient (Wildman–Crippen LogP) is 2.85. The molecular weight excluding hydrogens is 374 g/mol. The van der Waals surface area contributed by atoms with Crippen LogP contribution in [0.4, 0.5) is 0 Å². The molecule has 28 heavy (non-hydrogen) atoms. The summed E-state index contributed by atoms with van der Waals surface area (Å²) in [5, 5.41) is 0. The van der Waals surface area contributed by atoms with Crippen LogP contribution in [0.15, 0.2) is 59.8 Å². The molecule has 1 unspecified atom stereocenters. The van der Waals surface area contributed by atoms with Gasteiger partial charge in [0.1, 0.15) is 4.90 Å². The van der Waals surface area contributed by atoms with Gasteiger partial charge in [0.2, 0.25) is 15.9 Å². The van der Waals surface area contributed by atoms with E-state index in [0.29, 0.717) is 25.9 Å². The van der Waals surface area contributed by atoms with Gasteiger partial charge in [0.25, 0.3) is 0 Å². The largest absolute Gasteiger partial charge is 0.335 e. The highest BCUT2D eigenvalue weighted by atomic mass is 32.2. The smallest absolute Gasteiger partial charge is 0.244 e. The third-order valence-electron chi connectivity index (χ3n) is 5.80. The van der Waals surface area contributed by atoms with Crippen molar-refractivity contribution < 1.29 is 13.2 Å². The van der Waals surface area contributed by atoms with Crippen LogP contribution in [-0.2, 0) is 14.8 Å². The van der Waals surface area contributed by atoms with Crippen LogP contribution in [0.2, 0.25) is 0 Å². The topological polar surface area (TPSA) is 70.6 Å². The number of hydrogen-bond acceptors (Lipinski definition) is 4. The van der Waals surface area contributed by atoms with Crippen molar-refractivity contribution in [2.75, 3.05) is 19.6 Å². The Morgan fingerprint density at radius 1 is 0.964 bits per heavy atom. The summed E-state index contributed by atoms with van der Waals surface area (Å²) in [7, 11) is -3.54. The van der Waals surface area contributed by atoms with Gasteiger partial charge in [-0.05, 0) is 43.4 Å². The van der Waals surface area contributed by atoms with Crippen molar-refractivity contribution in [1.29, 1.82) is 0 Å². The van der Waals surface area contributed by atoms with Gasteiger partial charge in [-0.25, -0.2) is 8.42 Å². The van der Waals surface area contributed by atoms with Gasteiger partial charge in [-0.15, -0.1) is 0 Å². The second kappa shape index (κ2) is 8.01. The maximum atomic E-state index is 13.2. The molecule has 1 amide bonds. The molecule has 3 heterocycles. The molecule has 1 aromatic heterocycles. The highest BCUT2D eigenvalue weighted by Crippen LogP contribution is 2.35. The molecule has 148 valence electrons. The summed E-state index contributed by atoms with van der Waals surface area (Å²) in [6.45, 7) is 1.53. The molecule has 2 aromatic rings. The van der Waals surface area contributed by atoms with Crippen LogP contribution in [0.25, 0.3) is 0 Å². The summed E-state index contributed by atoms with van der Waals surface area (Å²) in [6.07, 6.45) is 6.07. The molecule has 0 N–H and O–H groups in total. The average molecular weight is 400 g/mol. The zero-order chi connectivity index (χ0) is 19.6. The molecular formula is C21H25N3O3S. The van der Waals surface area contributed by atoms with Crippen LogP contribution in [-0.4, -0.2) is 48.1 Å². The number of carbonyl (C=O) groups is 1. The number of likely N-dealkylation sites (tertiary alicyclic amines) is 1. The fourth-order valence-corrected chi connectivity index (χ4v) is 5.71. The fraction of sp³-hybridized carbons (Fsp3) is 0.429. The summed E-state index contributed by atoms with van der Waals surface area (Å²) in [5.74, 6) is 0.0643. The Morgan fingerprint density at radius 2 is 1.71 bits per heavy atom. The monoisotopic (exact) mass is 399 g/mol. The van der Waals surface area contributed by atoms with Crippen molar-refractivity contribution in [2.45, 2.75) is 36.6 Å². The van der Waals surface area contributed by atoms with Gasteiger partial charge in [-0.3, -0.25) is 9.78 Å². The van der Waals surface area contributed by atoms with Crippen LogP contribution in [0.3, 0.4) is 0 Å². The first kappa shape index (κ1) is 19.1. The minimum atomic E-state index is -3.54. The molecule has 0 radical (unpaired) electrons. The molecule has 0 saturated carbocycles. The number of rotatable bonds is 4. The van der Waals surface area contributed by atoms with E-state index in [4.69, 9.17) is 0 Å². The second-order valence-electron chi connectivity index (χ2n) is 7.47. The van der Waals surface area contributed by atoms with Crippen molar-refractivity contribution in [3.05, 3.63) is 60.4 Å². The minimum Gasteiger partial charge on any atom is -0.335 e. The van der Waals surface area contributed by atoms with E-state index in [1.165, 1.54) is 16.1 Å². The molecule has 2 aliphatic heterocycles. The highest BCUT2D eigenvalue weighted by molar-refractivity contribution is 7.89. The molecule has 2 aliphatic rings. The number of amides is 1. The third-order valence-corrected chi connectivity index (χ3v) is 7.68. The van der Waals surface area contributed by atoms with Gasteiger partial charge in [0, 0.05) is 37.9 Å². The molecule has 0 aliphatic carbocycles. The molecule has 1 aromatic carbocycles. The Kier molecular flexibility index (Phi) is 5.46. The van der Waals surface area contributed by atoms with Crippen LogP contribution in [0, 0.1) is 5.92 Å². The number of piperidine rings is 1. The number of pyridine rings is 1. The minimum absolute atomic E-state index is 0.107. The van der Waals surface area contributed by atoms with Crippen LogP contribution in [0.5, 0.6) is 0 Å². The standard InChI is InChI=1S/C21H25N3O3S/c25-21(24-13-5-9-20(24)17-6-2-1-3-7-17)18-10-14-23(15-11-18)28(26,27)19-8-4-12-22-16-19/h1-4,6-8,12,16,18,20H,5,9-11,13-15H2. The van der Waals surface area contributed by atoms with E-state index < -0.39 is 10.0 Å². The second-order valence-corrected chi connectivity index (χ2v) is 9.41. The van der Waals surface area contributed by atoms with Crippen LogP contribution >= 0.6 is 0 Å². The average Bonchev–Trinajstić information content (AvgIpc) is 3.24. The lowest BCUT2D eigenvalue weighted by Crippen LogP contribution is -2.44. The van der Waals surface area contributed by atoms with E-state index in [1.807, 2.05) is 23.1 Å². The van der Waals surface area contributed by atoms with Gasteiger partial charge in [-0.2, -0.15) is 4.31 Å². The molecule has 7 heteroatoms. The Balaban J connectivity index is 1.42. The van der Waals surface area contributed by atoms with E-state index in [1.54, 1.807) is 18.3 Å². The third kappa shape index (κ3) is 3.69. The molecule has 4 rings (SSSR count). The zero-order valence-electron chi connectivity index (χ0n) is 15.8. The van der Waals surface area contributed by atoms with Gasteiger partial charge < -0.3 is 4.90 Å². The quantitative estimate of drug-likeness (QED) is 0.793. The lowest BCUT2D eigenvalue weighted by atomic mass is 9.95. The van der Waals surface area contributed by atoms with Gasteiger partial charge in [0.05, 0.1) is 6.04 Å². The van der Waals surface area contributed by atoms with Crippen molar-refractivity contribution in [1.82, 2.24) is 14.2 Å². The van der Waals surface area contributed by atoms with Crippen molar-refractivity contribution in [3.63, 3.8) is 0 Å². The first-order valence-corrected chi connectivity index (χ1v) is 11.3. The lowest BCUT2D eigenvalue weighted by molar-refractivity contribution is -0.137. The first-order valence-electron chi connectivity index (χ1n) is 9.83. The van der Waals surface area contributed by atoms with Gasteiger partial charge in [0.15, 0.2) is 0 Å². The number of hydrogen-bond donors (Lipinski definition) is 0. The summed E-state index contributed by atoms with van der Waals surface area (Å²) < 4.78 is 27.0. The maximum Gasteiger partial charge on any atom is 0.244 e. The van der Waals surface area contributed by atoms with E-state index in [0.717, 1.165) is 19.4 Å². The molecule has 0 bridgehead atoms. The van der Waals surface area contributed by atoms with Gasteiger partial charge >= 0.3 is 0 Å². The Morgan fingerprint density at radius 3 is 2.39 bits per heavy atom. The van der Waals surface area contributed by atoms with E-state index >= 15 is 0 Å². The van der Waals surface area contributed by atoms with Gasteiger partial charge in [-0.1, -0.05) is 30.3 Å². The molecule has 6 nitrogen and oxygen atoms in total. The summed E-state index contributed by atoms with van der Waals surface area (Å²) in [6, 6.07) is 13.5. The van der Waals surface area contributed by atoms with Crippen molar-refractivity contribution in [2.24, 2.45) is 5.92 Å². The van der Waals surface area contributed by atoms with Crippen LogP contribution < -0.4 is 0 Å². The van der Waals surface area contributed by atoms with Crippen molar-refractivity contribution >= 4 is 15.9 Å². The molecule has 0 spiro atoms. The van der Waals surface area contributed by atoms with E-state index in [2.05, 4.69) is 17.1 Å². The molecule has 2 saturated heterocycles. The Hall–Kier alpha value is -2.25. The maximum absolute atomic E-state index is 13.2. The lowest BCUT2D eigenvalue weighted by Gasteiger charge is -2.34. The molecule has 2 fully saturated rings. The Labute approximate surface area is 166 Å². The molecule has 1 atom stereocenters. The SMILES string of the molecule is O=C(C1CCN(S(=O)(=O)c2cccnc2)CC1)N1CCCC1c1ccccc1. The zero-order valence-corrected chi connectivity index (χ0v) is 16.6. The van der Waals surface area contributed by atoms with Crippen LogP contribution in [0.1, 0.15) is 37.3 Å². The van der Waals surface area contributed by atoms with E-state index in [-0.39, 0.29) is 22.8 Å². The number of nitrogens with zero attached hydrogens (tertiary/aromatic N) is 3. The first-order chi connectivity index (χ1) is 13.6. The summed E-state index contributed by atoms with van der Waals surface area (Å²) >= 11 is 0.